The lowest BCUT2D eigenvalue weighted by atomic mass is 9.92. The smallest absolute Gasteiger partial charge is 0.269 e. The number of rotatable bonds is 6. The highest BCUT2D eigenvalue weighted by atomic mass is 35.5. The third-order valence-electron chi connectivity index (χ3n) is 5.18. The number of Topliss-reactive ketones (excluding diaryl/α,β-unsaturated/α-hetero) is 1. The number of carbonyl (C=O) groups excluding carboxylic acids is 1. The Bertz CT molecular complexity index is 1010. The van der Waals surface area contributed by atoms with Gasteiger partial charge in [0.25, 0.3) is 5.69 Å². The van der Waals surface area contributed by atoms with Gasteiger partial charge in [0.15, 0.2) is 5.78 Å². The number of carbonyl (C=O) groups is 1. The quantitative estimate of drug-likeness (QED) is 0.384. The van der Waals surface area contributed by atoms with Crippen molar-refractivity contribution >= 4 is 29.4 Å². The zero-order valence-electron chi connectivity index (χ0n) is 15.4. The Kier molecular flexibility index (Phi) is 6.11. The first kappa shape index (κ1) is 20.0. The fourth-order valence-electron chi connectivity index (χ4n) is 3.90. The zero-order chi connectivity index (χ0) is 18.8. The SMILES string of the molecule is Cl.O=C1CCCc2c(CCNCc3ccc([N+](=O)[O-])cc3)c3ccccn3c21. The molecule has 0 bridgehead atoms. The van der Waals surface area contributed by atoms with Gasteiger partial charge in [0, 0.05) is 36.8 Å². The van der Waals surface area contributed by atoms with Gasteiger partial charge >= 0.3 is 0 Å². The molecule has 0 amide bonds. The van der Waals surface area contributed by atoms with Crippen LogP contribution in [0.25, 0.3) is 5.52 Å². The molecule has 0 radical (unpaired) electrons. The maximum Gasteiger partial charge on any atom is 0.269 e. The molecule has 1 N–H and O–H groups in total. The van der Waals surface area contributed by atoms with E-state index in [4.69, 9.17) is 0 Å². The Hall–Kier alpha value is -2.70. The molecule has 2 aromatic heterocycles. The summed E-state index contributed by atoms with van der Waals surface area (Å²) in [6.07, 6.45) is 5.34. The predicted octanol–water partition coefficient (Wildman–Crippen LogP) is 4.12. The maximum absolute atomic E-state index is 12.4. The van der Waals surface area contributed by atoms with E-state index in [-0.39, 0.29) is 28.8 Å². The molecule has 0 fully saturated rings. The molecule has 0 atom stereocenters. The van der Waals surface area contributed by atoms with Crippen molar-refractivity contribution < 1.29 is 9.72 Å². The number of nitrogens with one attached hydrogen (secondary N) is 1. The molecule has 0 saturated carbocycles. The summed E-state index contributed by atoms with van der Waals surface area (Å²) in [7, 11) is 0. The van der Waals surface area contributed by atoms with Gasteiger partial charge < -0.3 is 9.72 Å². The molecule has 0 spiro atoms. The molecular weight excluding hydrogens is 378 g/mol. The second-order valence-corrected chi connectivity index (χ2v) is 6.89. The van der Waals surface area contributed by atoms with Crippen LogP contribution in [0.2, 0.25) is 0 Å². The number of hydrogen-bond acceptors (Lipinski definition) is 4. The summed E-state index contributed by atoms with van der Waals surface area (Å²) in [5.74, 6) is 0.238. The number of nitrogens with zero attached hydrogens (tertiary/aromatic N) is 2. The molecule has 0 saturated heterocycles. The molecule has 1 aliphatic carbocycles. The minimum atomic E-state index is -0.389. The van der Waals surface area contributed by atoms with Gasteiger partial charge in [0.1, 0.15) is 0 Å². The number of aromatic nitrogens is 1. The van der Waals surface area contributed by atoms with E-state index < -0.39 is 0 Å². The Balaban J connectivity index is 0.00000225. The van der Waals surface area contributed by atoms with Crippen molar-refractivity contribution in [3.05, 3.63) is 81.2 Å². The first-order valence-electron chi connectivity index (χ1n) is 9.23. The lowest BCUT2D eigenvalue weighted by molar-refractivity contribution is -0.384. The van der Waals surface area contributed by atoms with Crippen LogP contribution >= 0.6 is 12.4 Å². The molecule has 0 unspecified atom stereocenters. The normalized spacial score (nSPS) is 13.2. The number of ketones is 1. The van der Waals surface area contributed by atoms with Crippen molar-refractivity contribution in [3.63, 3.8) is 0 Å². The van der Waals surface area contributed by atoms with E-state index in [1.807, 2.05) is 22.7 Å². The van der Waals surface area contributed by atoms with Gasteiger partial charge in [0.2, 0.25) is 0 Å². The van der Waals surface area contributed by atoms with E-state index >= 15 is 0 Å². The lowest BCUT2D eigenvalue weighted by Crippen LogP contribution is -2.18. The second-order valence-electron chi connectivity index (χ2n) is 6.89. The first-order valence-corrected chi connectivity index (χ1v) is 9.23. The van der Waals surface area contributed by atoms with E-state index in [2.05, 4.69) is 11.4 Å². The highest BCUT2D eigenvalue weighted by molar-refractivity contribution is 5.99. The van der Waals surface area contributed by atoms with Crippen LogP contribution in [0.15, 0.2) is 48.7 Å². The number of nitro benzene ring substituents is 1. The van der Waals surface area contributed by atoms with Gasteiger partial charge in [-0.15, -0.1) is 12.4 Å². The van der Waals surface area contributed by atoms with Crippen LogP contribution in [0.1, 0.15) is 40.0 Å². The van der Waals surface area contributed by atoms with E-state index in [1.54, 1.807) is 12.1 Å². The minimum Gasteiger partial charge on any atom is -0.313 e. The second kappa shape index (κ2) is 8.54. The molecule has 0 aliphatic heterocycles. The number of halogens is 1. The van der Waals surface area contributed by atoms with E-state index in [1.165, 1.54) is 23.3 Å². The molecule has 4 rings (SSSR count). The van der Waals surface area contributed by atoms with Crippen molar-refractivity contribution in [1.29, 1.82) is 0 Å². The van der Waals surface area contributed by atoms with Crippen LogP contribution in [0.4, 0.5) is 5.69 Å². The number of non-ortho nitro benzene ring substituents is 1. The summed E-state index contributed by atoms with van der Waals surface area (Å²) < 4.78 is 2.04. The largest absolute Gasteiger partial charge is 0.313 e. The van der Waals surface area contributed by atoms with Crippen LogP contribution in [-0.2, 0) is 19.4 Å². The van der Waals surface area contributed by atoms with Crippen molar-refractivity contribution in [3.8, 4) is 0 Å². The molecule has 1 aromatic carbocycles. The predicted molar refractivity (Wildman–Crippen MR) is 110 cm³/mol. The summed E-state index contributed by atoms with van der Waals surface area (Å²) in [5, 5.41) is 14.1. The Labute approximate surface area is 169 Å². The number of pyridine rings is 1. The molecule has 28 heavy (non-hydrogen) atoms. The van der Waals surface area contributed by atoms with Crippen LogP contribution in [0.3, 0.4) is 0 Å². The first-order chi connectivity index (χ1) is 13.1. The molecule has 3 aromatic rings. The summed E-state index contributed by atoms with van der Waals surface area (Å²) in [5.41, 5.74) is 5.57. The topological polar surface area (TPSA) is 76.6 Å². The molecule has 1 aliphatic rings. The van der Waals surface area contributed by atoms with Crippen LogP contribution in [0, 0.1) is 10.1 Å². The van der Waals surface area contributed by atoms with Gasteiger partial charge in [-0.05, 0) is 54.6 Å². The molecule has 146 valence electrons. The summed E-state index contributed by atoms with van der Waals surface area (Å²) in [6.45, 7) is 1.44. The molecule has 7 heteroatoms. The van der Waals surface area contributed by atoms with Crippen molar-refractivity contribution in [2.24, 2.45) is 0 Å². The summed E-state index contributed by atoms with van der Waals surface area (Å²) in [6, 6.07) is 12.7. The van der Waals surface area contributed by atoms with Gasteiger partial charge in [-0.2, -0.15) is 0 Å². The average molecular weight is 400 g/mol. The number of nitro groups is 1. The van der Waals surface area contributed by atoms with Crippen LogP contribution in [0.5, 0.6) is 0 Å². The molecule has 6 nitrogen and oxygen atoms in total. The third-order valence-corrected chi connectivity index (χ3v) is 5.18. The number of fused-ring (bicyclic) bond motifs is 3. The standard InChI is InChI=1S/C21H21N3O3.ClH/c25-20-6-3-4-18-17(19-5-1-2-13-23(19)21(18)20)11-12-22-14-15-7-9-16(10-8-15)24(26)27;/h1-2,5,7-10,13,22H,3-4,6,11-12,14H2;1H. The summed E-state index contributed by atoms with van der Waals surface area (Å²) >= 11 is 0. The Morgan fingerprint density at radius 1 is 1.11 bits per heavy atom. The van der Waals surface area contributed by atoms with Gasteiger partial charge in [-0.1, -0.05) is 18.2 Å². The fraction of sp³-hybridized carbons (Fsp3) is 0.286. The molecule has 2 heterocycles. The van der Waals surface area contributed by atoms with Crippen molar-refractivity contribution in [2.75, 3.05) is 6.54 Å². The highest BCUT2D eigenvalue weighted by Crippen LogP contribution is 2.30. The Morgan fingerprint density at radius 3 is 2.64 bits per heavy atom. The van der Waals surface area contributed by atoms with Crippen molar-refractivity contribution in [1.82, 2.24) is 9.72 Å². The van der Waals surface area contributed by atoms with E-state index in [0.717, 1.165) is 42.6 Å². The monoisotopic (exact) mass is 399 g/mol. The van der Waals surface area contributed by atoms with Crippen LogP contribution in [-0.4, -0.2) is 21.7 Å². The third kappa shape index (κ3) is 3.79. The summed E-state index contributed by atoms with van der Waals surface area (Å²) in [4.78, 5) is 22.7. The fourth-order valence-corrected chi connectivity index (χ4v) is 3.90. The van der Waals surface area contributed by atoms with Crippen molar-refractivity contribution in [2.45, 2.75) is 32.2 Å². The van der Waals surface area contributed by atoms with Crippen LogP contribution < -0.4 is 5.32 Å². The lowest BCUT2D eigenvalue weighted by Gasteiger charge is -2.12. The van der Waals surface area contributed by atoms with Gasteiger partial charge in [-0.25, -0.2) is 0 Å². The van der Waals surface area contributed by atoms with E-state index in [0.29, 0.717) is 13.0 Å². The Morgan fingerprint density at radius 2 is 1.89 bits per heavy atom. The van der Waals surface area contributed by atoms with Gasteiger partial charge in [0.05, 0.1) is 10.6 Å². The highest BCUT2D eigenvalue weighted by Gasteiger charge is 2.25. The number of hydrogen-bond donors (Lipinski definition) is 1. The average Bonchev–Trinajstić information content (AvgIpc) is 3.01. The minimum absolute atomic E-state index is 0. The van der Waals surface area contributed by atoms with E-state index in [9.17, 15) is 14.9 Å². The van der Waals surface area contributed by atoms with Gasteiger partial charge in [-0.3, -0.25) is 14.9 Å². The zero-order valence-corrected chi connectivity index (χ0v) is 16.2. The molecular formula is C21H22ClN3O3. The maximum atomic E-state index is 12.4. The number of benzene rings is 1.